The summed E-state index contributed by atoms with van der Waals surface area (Å²) in [5.41, 5.74) is 0. The zero-order chi connectivity index (χ0) is 19.2. The first-order chi connectivity index (χ1) is 13.1. The minimum Gasteiger partial charge on any atom is -0.466 e. The Balaban J connectivity index is 1.56. The monoisotopic (exact) mass is 393 g/mol. The molecule has 27 heavy (non-hydrogen) atoms. The highest BCUT2D eigenvalue weighted by atomic mass is 32.1. The summed E-state index contributed by atoms with van der Waals surface area (Å²) < 4.78 is 5.12. The minimum atomic E-state index is -0.232. The summed E-state index contributed by atoms with van der Waals surface area (Å²) in [5, 5.41) is 5.60. The first-order valence-electron chi connectivity index (χ1n) is 9.63. The number of hydrogen-bond acceptors (Lipinski definition) is 5. The SMILES string of the molecule is CCOC(=O)C1CCCN(C(=O)C2CCCN(C(=O)Nc3cccs3)C2)C1. The fourth-order valence-corrected chi connectivity index (χ4v) is 4.39. The summed E-state index contributed by atoms with van der Waals surface area (Å²) in [6.45, 7) is 4.34. The van der Waals surface area contributed by atoms with E-state index in [0.717, 1.165) is 30.7 Å². The van der Waals surface area contributed by atoms with Gasteiger partial charge in [0.15, 0.2) is 0 Å². The Morgan fingerprint density at radius 1 is 1.15 bits per heavy atom. The largest absolute Gasteiger partial charge is 0.466 e. The number of anilines is 1. The molecule has 3 amide bonds. The number of likely N-dealkylation sites (tertiary alicyclic amines) is 2. The van der Waals surface area contributed by atoms with Crippen molar-refractivity contribution in [3.05, 3.63) is 17.5 Å². The second kappa shape index (κ2) is 9.21. The minimum absolute atomic E-state index is 0.0534. The number of nitrogens with one attached hydrogen (secondary N) is 1. The van der Waals surface area contributed by atoms with Crippen molar-refractivity contribution in [3.63, 3.8) is 0 Å². The topological polar surface area (TPSA) is 79.0 Å². The van der Waals surface area contributed by atoms with Gasteiger partial charge in [-0.25, -0.2) is 4.79 Å². The molecule has 1 aromatic heterocycles. The van der Waals surface area contributed by atoms with Gasteiger partial charge in [-0.2, -0.15) is 0 Å². The maximum Gasteiger partial charge on any atom is 0.322 e. The van der Waals surface area contributed by atoms with Crippen molar-refractivity contribution >= 4 is 34.2 Å². The number of thiophene rings is 1. The molecule has 2 aliphatic heterocycles. The third-order valence-electron chi connectivity index (χ3n) is 5.16. The van der Waals surface area contributed by atoms with Gasteiger partial charge in [-0.1, -0.05) is 0 Å². The number of amides is 3. The van der Waals surface area contributed by atoms with E-state index in [-0.39, 0.29) is 29.7 Å². The van der Waals surface area contributed by atoms with E-state index in [2.05, 4.69) is 5.32 Å². The number of ether oxygens (including phenoxy) is 1. The van der Waals surface area contributed by atoms with Gasteiger partial charge in [0, 0.05) is 26.2 Å². The Bertz CT molecular complexity index is 664. The highest BCUT2D eigenvalue weighted by Gasteiger charge is 2.35. The Morgan fingerprint density at radius 3 is 2.56 bits per heavy atom. The molecule has 7 nitrogen and oxygen atoms in total. The molecule has 3 heterocycles. The van der Waals surface area contributed by atoms with Crippen molar-refractivity contribution < 1.29 is 19.1 Å². The van der Waals surface area contributed by atoms with Crippen LogP contribution in [0.1, 0.15) is 32.6 Å². The van der Waals surface area contributed by atoms with Crippen molar-refractivity contribution in [3.8, 4) is 0 Å². The third kappa shape index (κ3) is 5.00. The first-order valence-corrected chi connectivity index (χ1v) is 10.5. The molecule has 148 valence electrons. The quantitative estimate of drug-likeness (QED) is 0.798. The van der Waals surface area contributed by atoms with E-state index < -0.39 is 0 Å². The lowest BCUT2D eigenvalue weighted by Gasteiger charge is -2.37. The van der Waals surface area contributed by atoms with Crippen molar-refractivity contribution in [2.75, 3.05) is 38.1 Å². The zero-order valence-corrected chi connectivity index (χ0v) is 16.5. The maximum absolute atomic E-state index is 13.0. The van der Waals surface area contributed by atoms with Gasteiger partial charge in [-0.05, 0) is 50.1 Å². The molecule has 0 saturated carbocycles. The van der Waals surface area contributed by atoms with Gasteiger partial charge in [-0.15, -0.1) is 11.3 Å². The zero-order valence-electron chi connectivity index (χ0n) is 15.7. The molecule has 2 aliphatic rings. The summed E-state index contributed by atoms with van der Waals surface area (Å²) in [4.78, 5) is 41.0. The van der Waals surface area contributed by atoms with Gasteiger partial charge < -0.3 is 14.5 Å². The predicted octanol–water partition coefficient (Wildman–Crippen LogP) is 2.79. The molecule has 0 aliphatic carbocycles. The van der Waals surface area contributed by atoms with Crippen molar-refractivity contribution in [1.29, 1.82) is 0 Å². The Labute approximate surface area is 163 Å². The number of piperidine rings is 2. The van der Waals surface area contributed by atoms with Crippen LogP contribution in [-0.4, -0.2) is 60.5 Å². The highest BCUT2D eigenvalue weighted by molar-refractivity contribution is 7.14. The van der Waals surface area contributed by atoms with Crippen LogP contribution >= 0.6 is 11.3 Å². The van der Waals surface area contributed by atoms with E-state index in [1.807, 2.05) is 17.5 Å². The molecule has 2 unspecified atom stereocenters. The molecule has 2 fully saturated rings. The number of carbonyl (C=O) groups is 3. The number of rotatable bonds is 4. The highest BCUT2D eigenvalue weighted by Crippen LogP contribution is 2.25. The van der Waals surface area contributed by atoms with Crippen molar-refractivity contribution in [2.45, 2.75) is 32.6 Å². The lowest BCUT2D eigenvalue weighted by molar-refractivity contribution is -0.152. The average molecular weight is 394 g/mol. The second-order valence-electron chi connectivity index (χ2n) is 7.07. The van der Waals surface area contributed by atoms with Crippen molar-refractivity contribution in [1.82, 2.24) is 9.80 Å². The summed E-state index contributed by atoms with van der Waals surface area (Å²) in [5.74, 6) is -0.591. The molecule has 1 N–H and O–H groups in total. The standard InChI is InChI=1S/C19H27N3O4S/c1-2-26-18(24)15-7-4-9-21(13-15)17(23)14-6-3-10-22(12-14)19(25)20-16-8-5-11-27-16/h5,8,11,14-15H,2-4,6-7,9-10,12-13H2,1H3,(H,20,25). The lowest BCUT2D eigenvalue weighted by Crippen LogP contribution is -2.50. The Kier molecular flexibility index (Phi) is 6.71. The van der Waals surface area contributed by atoms with Crippen LogP contribution in [-0.2, 0) is 14.3 Å². The van der Waals surface area contributed by atoms with E-state index in [4.69, 9.17) is 4.74 Å². The van der Waals surface area contributed by atoms with E-state index in [1.54, 1.807) is 16.7 Å². The summed E-state index contributed by atoms with van der Waals surface area (Å²) in [6.07, 6.45) is 3.17. The van der Waals surface area contributed by atoms with Crippen LogP contribution in [0.4, 0.5) is 9.80 Å². The van der Waals surface area contributed by atoms with Gasteiger partial charge in [0.2, 0.25) is 5.91 Å². The summed E-state index contributed by atoms with van der Waals surface area (Å²) in [7, 11) is 0. The molecule has 3 rings (SSSR count). The van der Waals surface area contributed by atoms with E-state index >= 15 is 0 Å². The molecule has 2 saturated heterocycles. The Hall–Kier alpha value is -2.09. The van der Waals surface area contributed by atoms with E-state index in [9.17, 15) is 14.4 Å². The lowest BCUT2D eigenvalue weighted by atomic mass is 9.93. The van der Waals surface area contributed by atoms with Gasteiger partial charge in [0.1, 0.15) is 0 Å². The average Bonchev–Trinajstić information content (AvgIpc) is 3.21. The fraction of sp³-hybridized carbons (Fsp3) is 0.632. The third-order valence-corrected chi connectivity index (χ3v) is 5.95. The van der Waals surface area contributed by atoms with Crippen LogP contribution in [0, 0.1) is 11.8 Å². The number of urea groups is 1. The van der Waals surface area contributed by atoms with Crippen LogP contribution in [0.5, 0.6) is 0 Å². The van der Waals surface area contributed by atoms with E-state index in [1.165, 1.54) is 11.3 Å². The summed E-state index contributed by atoms with van der Waals surface area (Å²) >= 11 is 1.47. The van der Waals surface area contributed by atoms with Crippen LogP contribution in [0.25, 0.3) is 0 Å². The number of nitrogens with zero attached hydrogens (tertiary/aromatic N) is 2. The van der Waals surface area contributed by atoms with Gasteiger partial charge in [0.05, 0.1) is 23.4 Å². The van der Waals surface area contributed by atoms with Crippen LogP contribution in [0.3, 0.4) is 0 Å². The van der Waals surface area contributed by atoms with Crippen LogP contribution < -0.4 is 5.32 Å². The molecule has 2 atom stereocenters. The normalized spacial score (nSPS) is 23.0. The molecular weight excluding hydrogens is 366 g/mol. The number of esters is 1. The molecular formula is C19H27N3O4S. The van der Waals surface area contributed by atoms with Gasteiger partial charge in [0.25, 0.3) is 0 Å². The van der Waals surface area contributed by atoms with Gasteiger partial charge >= 0.3 is 12.0 Å². The first kappa shape index (κ1) is 19.7. The summed E-state index contributed by atoms with van der Waals surface area (Å²) in [6, 6.07) is 3.59. The molecule has 0 radical (unpaired) electrons. The molecule has 1 aromatic rings. The second-order valence-corrected chi connectivity index (χ2v) is 8.02. The Morgan fingerprint density at radius 2 is 1.85 bits per heavy atom. The predicted molar refractivity (Wildman–Crippen MR) is 104 cm³/mol. The molecule has 0 bridgehead atoms. The number of carbonyl (C=O) groups excluding carboxylic acids is 3. The maximum atomic E-state index is 13.0. The van der Waals surface area contributed by atoms with Crippen LogP contribution in [0.2, 0.25) is 0 Å². The molecule has 8 heteroatoms. The molecule has 0 spiro atoms. The smallest absolute Gasteiger partial charge is 0.322 e. The fourth-order valence-electron chi connectivity index (χ4n) is 3.79. The van der Waals surface area contributed by atoms with Gasteiger partial charge in [-0.3, -0.25) is 14.9 Å². The van der Waals surface area contributed by atoms with Crippen LogP contribution in [0.15, 0.2) is 17.5 Å². The number of hydrogen-bond donors (Lipinski definition) is 1. The van der Waals surface area contributed by atoms with Crippen molar-refractivity contribution in [2.24, 2.45) is 11.8 Å². The molecule has 0 aromatic carbocycles. The van der Waals surface area contributed by atoms with E-state index in [0.29, 0.717) is 32.8 Å².